The molecular weight excluding hydrogens is 363 g/mol. The van der Waals surface area contributed by atoms with Crippen LogP contribution in [-0.2, 0) is 19.1 Å². The van der Waals surface area contributed by atoms with Crippen molar-refractivity contribution in [1.82, 2.24) is 0 Å². The van der Waals surface area contributed by atoms with Crippen LogP contribution in [0.3, 0.4) is 0 Å². The zero-order valence-corrected chi connectivity index (χ0v) is 14.7. The third-order valence-electron chi connectivity index (χ3n) is 5.42. The molecule has 0 amide bonds. The summed E-state index contributed by atoms with van der Waals surface area (Å²) >= 11 is 0. The topological polar surface area (TPSA) is 52.6 Å². The van der Waals surface area contributed by atoms with Gasteiger partial charge in [-0.25, -0.2) is 9.59 Å². The molecule has 0 aromatic rings. The minimum absolute atomic E-state index is 0.135. The van der Waals surface area contributed by atoms with E-state index in [1.807, 2.05) is 0 Å². The molecule has 0 aromatic heterocycles. The highest BCUT2D eigenvalue weighted by Crippen LogP contribution is 2.61. The summed E-state index contributed by atoms with van der Waals surface area (Å²) in [6, 6.07) is 0. The Morgan fingerprint density at radius 3 is 2.04 bits per heavy atom. The van der Waals surface area contributed by atoms with Gasteiger partial charge in [-0.1, -0.05) is 6.58 Å². The number of esters is 2. The molecule has 9 heteroatoms. The van der Waals surface area contributed by atoms with Crippen molar-refractivity contribution in [2.24, 2.45) is 11.8 Å². The van der Waals surface area contributed by atoms with Gasteiger partial charge in [0.1, 0.15) is 0 Å². The Bertz CT molecular complexity index is 624. The second-order valence-corrected chi connectivity index (χ2v) is 7.45. The lowest BCUT2D eigenvalue weighted by Gasteiger charge is -2.49. The number of alkyl halides is 5. The summed E-state index contributed by atoms with van der Waals surface area (Å²) in [5.41, 5.74) is -5.80. The van der Waals surface area contributed by atoms with Crippen LogP contribution in [0.5, 0.6) is 0 Å². The molecule has 0 spiro atoms. The first-order chi connectivity index (χ1) is 11.6. The molecular formula is C17H21F5O4. The number of carbonyl (C=O) groups excluding carboxylic acids is 2. The maximum absolute atomic E-state index is 14.0. The SMILES string of the molecule is C=C(C)C(=O)OC1(C(C)(OC(=O)C(C)(F)F)C(F)(F)F)CC2CCC1C2. The van der Waals surface area contributed by atoms with Gasteiger partial charge in [0.2, 0.25) is 5.60 Å². The van der Waals surface area contributed by atoms with Crippen molar-refractivity contribution < 1.29 is 41.0 Å². The third kappa shape index (κ3) is 3.20. The molecule has 4 unspecified atom stereocenters. The van der Waals surface area contributed by atoms with Crippen LogP contribution in [0.1, 0.15) is 46.5 Å². The molecule has 4 atom stereocenters. The van der Waals surface area contributed by atoms with Gasteiger partial charge < -0.3 is 9.47 Å². The molecule has 4 nitrogen and oxygen atoms in total. The average Bonchev–Trinajstić information content (AvgIpc) is 3.05. The summed E-state index contributed by atoms with van der Waals surface area (Å²) in [4.78, 5) is 23.7. The number of halogens is 5. The highest BCUT2D eigenvalue weighted by Gasteiger charge is 2.75. The fraction of sp³-hybridized carbons (Fsp3) is 0.765. The zero-order valence-electron chi connectivity index (χ0n) is 14.7. The first kappa shape index (κ1) is 20.6. The lowest BCUT2D eigenvalue weighted by atomic mass is 9.71. The molecule has 0 heterocycles. The van der Waals surface area contributed by atoms with Crippen LogP contribution in [0.2, 0.25) is 0 Å². The van der Waals surface area contributed by atoms with Crippen molar-refractivity contribution in [2.45, 2.75) is 69.8 Å². The van der Waals surface area contributed by atoms with E-state index in [9.17, 15) is 31.5 Å². The molecule has 2 rings (SSSR count). The summed E-state index contributed by atoms with van der Waals surface area (Å²) in [5, 5.41) is 0. The maximum atomic E-state index is 14.0. The highest BCUT2D eigenvalue weighted by molar-refractivity contribution is 5.87. The summed E-state index contributed by atoms with van der Waals surface area (Å²) in [7, 11) is 0. The zero-order chi connectivity index (χ0) is 20.1. The van der Waals surface area contributed by atoms with E-state index in [4.69, 9.17) is 4.74 Å². The lowest BCUT2D eigenvalue weighted by molar-refractivity contribution is -0.331. The molecule has 2 aliphatic carbocycles. The van der Waals surface area contributed by atoms with Crippen LogP contribution in [0.4, 0.5) is 22.0 Å². The van der Waals surface area contributed by atoms with E-state index < -0.39 is 41.2 Å². The molecule has 26 heavy (non-hydrogen) atoms. The smallest absolute Gasteiger partial charge is 0.432 e. The van der Waals surface area contributed by atoms with Crippen LogP contribution < -0.4 is 0 Å². The van der Waals surface area contributed by atoms with Gasteiger partial charge in [-0.05, 0) is 45.4 Å². The molecule has 0 saturated heterocycles. The Morgan fingerprint density at radius 1 is 1.12 bits per heavy atom. The first-order valence-electron chi connectivity index (χ1n) is 8.21. The van der Waals surface area contributed by atoms with E-state index >= 15 is 0 Å². The molecule has 2 fully saturated rings. The normalized spacial score (nSPS) is 30.6. The third-order valence-corrected chi connectivity index (χ3v) is 5.42. The van der Waals surface area contributed by atoms with Crippen molar-refractivity contribution in [1.29, 1.82) is 0 Å². The Hall–Kier alpha value is -1.67. The van der Waals surface area contributed by atoms with Gasteiger partial charge in [0.05, 0.1) is 0 Å². The van der Waals surface area contributed by atoms with Crippen LogP contribution in [0.25, 0.3) is 0 Å². The largest absolute Gasteiger partial charge is 0.451 e. The molecule has 0 N–H and O–H groups in total. The number of hydrogen-bond donors (Lipinski definition) is 0. The second-order valence-electron chi connectivity index (χ2n) is 7.45. The molecule has 148 valence electrons. The minimum atomic E-state index is -5.23. The highest BCUT2D eigenvalue weighted by atomic mass is 19.4. The van der Waals surface area contributed by atoms with Gasteiger partial charge in [-0.3, -0.25) is 0 Å². The van der Waals surface area contributed by atoms with E-state index in [1.54, 1.807) is 0 Å². The van der Waals surface area contributed by atoms with Crippen LogP contribution in [0.15, 0.2) is 12.2 Å². The van der Waals surface area contributed by atoms with Crippen LogP contribution in [0, 0.1) is 11.8 Å². The van der Waals surface area contributed by atoms with Crippen molar-refractivity contribution in [3.63, 3.8) is 0 Å². The lowest BCUT2D eigenvalue weighted by Crippen LogP contribution is -2.67. The van der Waals surface area contributed by atoms with Crippen molar-refractivity contribution in [2.75, 3.05) is 0 Å². The predicted molar refractivity (Wildman–Crippen MR) is 80.3 cm³/mol. The molecule has 2 bridgehead atoms. The number of hydrogen-bond acceptors (Lipinski definition) is 4. The van der Waals surface area contributed by atoms with Crippen molar-refractivity contribution in [3.05, 3.63) is 12.2 Å². The Balaban J connectivity index is 2.55. The minimum Gasteiger partial charge on any atom is -0.451 e. The summed E-state index contributed by atoms with van der Waals surface area (Å²) in [6.45, 7) is 5.27. The van der Waals surface area contributed by atoms with Crippen LogP contribution >= 0.6 is 0 Å². The van der Waals surface area contributed by atoms with Gasteiger partial charge >= 0.3 is 24.0 Å². The second kappa shape index (κ2) is 6.20. The maximum Gasteiger partial charge on any atom is 0.432 e. The van der Waals surface area contributed by atoms with Gasteiger partial charge in [0.25, 0.3) is 0 Å². The fourth-order valence-corrected chi connectivity index (χ4v) is 4.00. The Morgan fingerprint density at radius 2 is 1.69 bits per heavy atom. The Kier molecular flexibility index (Phi) is 4.92. The number of fused-ring (bicyclic) bond motifs is 2. The predicted octanol–water partition coefficient (Wildman–Crippen LogP) is 4.18. The van der Waals surface area contributed by atoms with Gasteiger partial charge in [0, 0.05) is 18.4 Å². The molecule has 2 aliphatic rings. The van der Waals surface area contributed by atoms with E-state index in [-0.39, 0.29) is 24.8 Å². The van der Waals surface area contributed by atoms with Gasteiger partial charge in [-0.2, -0.15) is 22.0 Å². The standard InChI is InChI=1S/C17H21F5O4/c1-9(2)12(23)25-16(8-10-5-6-11(16)7-10)15(4,17(20,21)22)26-13(24)14(3,18)19/h10-11H,1,5-8H2,2-4H3. The first-order valence-corrected chi connectivity index (χ1v) is 8.21. The van der Waals surface area contributed by atoms with Crippen molar-refractivity contribution in [3.8, 4) is 0 Å². The summed E-state index contributed by atoms with van der Waals surface area (Å²) in [5.74, 6) is -8.43. The van der Waals surface area contributed by atoms with E-state index in [0.717, 1.165) is 0 Å². The average molecular weight is 384 g/mol. The van der Waals surface area contributed by atoms with Gasteiger partial charge in [-0.15, -0.1) is 0 Å². The summed E-state index contributed by atoms with van der Waals surface area (Å²) in [6.07, 6.45) is -4.14. The summed E-state index contributed by atoms with van der Waals surface area (Å²) < 4.78 is 78.1. The number of ether oxygens (including phenoxy) is 2. The molecule has 0 aromatic carbocycles. The molecule has 0 aliphatic heterocycles. The van der Waals surface area contributed by atoms with E-state index in [2.05, 4.69) is 11.3 Å². The fourth-order valence-electron chi connectivity index (χ4n) is 4.00. The number of rotatable bonds is 5. The van der Waals surface area contributed by atoms with E-state index in [1.165, 1.54) is 6.92 Å². The van der Waals surface area contributed by atoms with E-state index in [0.29, 0.717) is 26.2 Å². The number of carbonyl (C=O) groups is 2. The molecule has 0 radical (unpaired) electrons. The van der Waals surface area contributed by atoms with Gasteiger partial charge in [0.15, 0.2) is 5.60 Å². The molecule has 2 saturated carbocycles. The quantitative estimate of drug-likeness (QED) is 0.405. The van der Waals surface area contributed by atoms with Crippen molar-refractivity contribution >= 4 is 11.9 Å². The monoisotopic (exact) mass is 384 g/mol. The Labute approximate surface area is 147 Å². The van der Waals surface area contributed by atoms with Crippen LogP contribution in [-0.4, -0.2) is 35.2 Å².